The number of ketones is 1. The molecule has 1 aliphatic rings. The molecule has 34 heavy (non-hydrogen) atoms. The number of carbonyl (C=O) groups excluding carboxylic acids is 1. The summed E-state index contributed by atoms with van der Waals surface area (Å²) in [5.41, 5.74) is 1.43. The largest absolute Gasteiger partial charge is 0.416 e. The van der Waals surface area contributed by atoms with E-state index < -0.39 is 11.7 Å². The van der Waals surface area contributed by atoms with Crippen LogP contribution < -0.4 is 4.90 Å². The third-order valence-corrected chi connectivity index (χ3v) is 6.77. The second-order valence-corrected chi connectivity index (χ2v) is 8.95. The number of halogens is 3. The van der Waals surface area contributed by atoms with Crippen molar-refractivity contribution in [3.63, 3.8) is 0 Å². The Kier molecular flexibility index (Phi) is 7.04. The van der Waals surface area contributed by atoms with Gasteiger partial charge in [0, 0.05) is 42.3 Å². The maximum absolute atomic E-state index is 13.2. The molecule has 0 unspecified atom stereocenters. The van der Waals surface area contributed by atoms with E-state index in [1.54, 1.807) is 30.5 Å². The van der Waals surface area contributed by atoms with Crippen molar-refractivity contribution in [1.82, 2.24) is 19.3 Å². The maximum Gasteiger partial charge on any atom is 0.416 e. The van der Waals surface area contributed by atoms with Crippen LogP contribution in [0.15, 0.2) is 35.5 Å². The van der Waals surface area contributed by atoms with Gasteiger partial charge in [0.25, 0.3) is 0 Å². The van der Waals surface area contributed by atoms with E-state index in [-0.39, 0.29) is 11.5 Å². The molecule has 0 amide bonds. The Morgan fingerprint density at radius 3 is 2.56 bits per heavy atom. The van der Waals surface area contributed by atoms with Crippen LogP contribution in [0.2, 0.25) is 0 Å². The Labute approximate surface area is 199 Å². The first-order chi connectivity index (χ1) is 16.2. The average Bonchev–Trinajstić information content (AvgIpc) is 3.37. The molecule has 1 saturated heterocycles. The quantitative estimate of drug-likeness (QED) is 0.356. The van der Waals surface area contributed by atoms with E-state index in [0.29, 0.717) is 47.6 Å². The first-order valence-corrected chi connectivity index (χ1v) is 12.0. The summed E-state index contributed by atoms with van der Waals surface area (Å²) >= 11 is 1.31. The lowest BCUT2D eigenvalue weighted by molar-refractivity contribution is -0.137. The summed E-state index contributed by atoms with van der Waals surface area (Å²) in [5, 5.41) is 9.26. The van der Waals surface area contributed by atoms with Crippen molar-refractivity contribution in [2.75, 3.05) is 37.0 Å². The van der Waals surface area contributed by atoms with Crippen LogP contribution in [0.1, 0.15) is 34.2 Å². The number of morpholine rings is 1. The van der Waals surface area contributed by atoms with Crippen molar-refractivity contribution in [1.29, 1.82) is 0 Å². The topological polar surface area (TPSA) is 65.2 Å². The molecular formula is C23H26F3N5O2S. The molecule has 1 aliphatic heterocycles. The second-order valence-electron chi connectivity index (χ2n) is 8.01. The van der Waals surface area contributed by atoms with E-state index in [0.717, 1.165) is 31.2 Å². The minimum Gasteiger partial charge on any atom is -0.378 e. The molecule has 0 radical (unpaired) electrons. The van der Waals surface area contributed by atoms with E-state index in [1.807, 2.05) is 11.5 Å². The van der Waals surface area contributed by atoms with Crippen LogP contribution in [0.5, 0.6) is 0 Å². The SMILES string of the molecule is CCn1c(SCC(=O)c2cc(C)n(-c3cccc(C(F)(F)F)c3)c2C)nnc1N1CCOCC1. The number of ether oxygens (including phenoxy) is 1. The number of aryl methyl sites for hydroxylation is 1. The van der Waals surface area contributed by atoms with E-state index in [1.165, 1.54) is 17.8 Å². The van der Waals surface area contributed by atoms with Gasteiger partial charge in [-0.2, -0.15) is 13.2 Å². The summed E-state index contributed by atoms with van der Waals surface area (Å²) < 4.78 is 48.6. The minimum absolute atomic E-state index is 0.116. The van der Waals surface area contributed by atoms with Gasteiger partial charge < -0.3 is 14.2 Å². The predicted octanol–water partition coefficient (Wildman–Crippen LogP) is 4.54. The average molecular weight is 494 g/mol. The van der Waals surface area contributed by atoms with E-state index in [4.69, 9.17) is 4.74 Å². The Morgan fingerprint density at radius 1 is 1.15 bits per heavy atom. The molecule has 0 N–H and O–H groups in total. The molecular weight excluding hydrogens is 467 g/mol. The van der Waals surface area contributed by atoms with Crippen molar-refractivity contribution in [3.05, 3.63) is 52.8 Å². The van der Waals surface area contributed by atoms with Gasteiger partial charge in [-0.3, -0.25) is 9.36 Å². The molecule has 7 nitrogen and oxygen atoms in total. The fourth-order valence-corrected chi connectivity index (χ4v) is 5.01. The fraction of sp³-hybridized carbons (Fsp3) is 0.435. The van der Waals surface area contributed by atoms with Crippen LogP contribution >= 0.6 is 11.8 Å². The third kappa shape index (κ3) is 4.85. The highest BCUT2D eigenvalue weighted by Gasteiger charge is 2.31. The molecule has 0 aliphatic carbocycles. The minimum atomic E-state index is -4.43. The van der Waals surface area contributed by atoms with Gasteiger partial charge in [0.2, 0.25) is 5.95 Å². The normalized spacial score (nSPS) is 14.6. The molecule has 1 aromatic carbocycles. The monoisotopic (exact) mass is 493 g/mol. The standard InChI is InChI=1S/C23H26F3N5O2S/c1-4-30-21(29-8-10-33-11-9-29)27-28-22(30)34-14-20(32)19-12-15(2)31(16(19)3)18-7-5-6-17(13-18)23(24,25)26/h5-7,12-13H,4,8-11,14H2,1-3H3. The van der Waals surface area contributed by atoms with Crippen molar-refractivity contribution in [3.8, 4) is 5.69 Å². The highest BCUT2D eigenvalue weighted by Crippen LogP contribution is 2.32. The van der Waals surface area contributed by atoms with Gasteiger partial charge in [-0.15, -0.1) is 10.2 Å². The Hall–Kier alpha value is -2.79. The predicted molar refractivity (Wildman–Crippen MR) is 124 cm³/mol. The number of aromatic nitrogens is 4. The van der Waals surface area contributed by atoms with Crippen LogP contribution in [-0.2, 0) is 17.5 Å². The van der Waals surface area contributed by atoms with Crippen LogP contribution in [0.4, 0.5) is 19.1 Å². The number of carbonyl (C=O) groups is 1. The molecule has 4 rings (SSSR count). The Bertz CT molecular complexity index is 1180. The highest BCUT2D eigenvalue weighted by atomic mass is 32.2. The Balaban J connectivity index is 1.53. The summed E-state index contributed by atoms with van der Waals surface area (Å²) in [4.78, 5) is 15.2. The highest BCUT2D eigenvalue weighted by molar-refractivity contribution is 7.99. The number of benzene rings is 1. The molecule has 3 heterocycles. The third-order valence-electron chi connectivity index (χ3n) is 5.80. The summed E-state index contributed by atoms with van der Waals surface area (Å²) in [6, 6.07) is 6.84. The molecule has 0 saturated carbocycles. The molecule has 0 bridgehead atoms. The molecule has 11 heteroatoms. The van der Waals surface area contributed by atoms with E-state index >= 15 is 0 Å². The smallest absolute Gasteiger partial charge is 0.378 e. The summed E-state index contributed by atoms with van der Waals surface area (Å²) in [6.07, 6.45) is -4.43. The summed E-state index contributed by atoms with van der Waals surface area (Å²) in [7, 11) is 0. The maximum atomic E-state index is 13.2. The number of Topliss-reactive ketones (excluding diaryl/α,β-unsaturated/α-hetero) is 1. The molecule has 0 atom stereocenters. The van der Waals surface area contributed by atoms with Gasteiger partial charge in [-0.25, -0.2) is 0 Å². The van der Waals surface area contributed by atoms with Gasteiger partial charge in [-0.1, -0.05) is 17.8 Å². The number of thioether (sulfide) groups is 1. The number of alkyl halides is 3. The molecule has 182 valence electrons. The van der Waals surface area contributed by atoms with Gasteiger partial charge in [-0.05, 0) is 45.0 Å². The number of hydrogen-bond donors (Lipinski definition) is 0. The first-order valence-electron chi connectivity index (χ1n) is 11.0. The van der Waals surface area contributed by atoms with Crippen LogP contribution in [0.3, 0.4) is 0 Å². The molecule has 3 aromatic rings. The number of anilines is 1. The van der Waals surface area contributed by atoms with Gasteiger partial charge >= 0.3 is 6.18 Å². The van der Waals surface area contributed by atoms with Crippen molar-refractivity contribution in [2.24, 2.45) is 0 Å². The molecule has 2 aromatic heterocycles. The van der Waals surface area contributed by atoms with Crippen molar-refractivity contribution in [2.45, 2.75) is 38.6 Å². The lowest BCUT2D eigenvalue weighted by Crippen LogP contribution is -2.38. The number of hydrogen-bond acceptors (Lipinski definition) is 6. The lowest BCUT2D eigenvalue weighted by atomic mass is 10.1. The zero-order valence-electron chi connectivity index (χ0n) is 19.2. The van der Waals surface area contributed by atoms with Crippen molar-refractivity contribution >= 4 is 23.5 Å². The van der Waals surface area contributed by atoms with Gasteiger partial charge in [0.15, 0.2) is 10.9 Å². The van der Waals surface area contributed by atoms with E-state index in [9.17, 15) is 18.0 Å². The first kappa shape index (κ1) is 24.3. The second kappa shape index (κ2) is 9.83. The zero-order chi connectivity index (χ0) is 24.5. The summed E-state index contributed by atoms with van der Waals surface area (Å²) in [6.45, 7) is 8.95. The zero-order valence-corrected chi connectivity index (χ0v) is 20.0. The number of nitrogens with zero attached hydrogens (tertiary/aromatic N) is 5. The van der Waals surface area contributed by atoms with Crippen LogP contribution in [0.25, 0.3) is 5.69 Å². The fourth-order valence-electron chi connectivity index (χ4n) is 4.13. The van der Waals surface area contributed by atoms with Gasteiger partial charge in [0.05, 0.1) is 24.5 Å². The number of rotatable bonds is 7. The van der Waals surface area contributed by atoms with Crippen molar-refractivity contribution < 1.29 is 22.7 Å². The lowest BCUT2D eigenvalue weighted by Gasteiger charge is -2.27. The van der Waals surface area contributed by atoms with Crippen LogP contribution in [0, 0.1) is 13.8 Å². The van der Waals surface area contributed by atoms with Gasteiger partial charge in [0.1, 0.15) is 0 Å². The van der Waals surface area contributed by atoms with E-state index in [2.05, 4.69) is 15.1 Å². The molecule has 1 fully saturated rings. The molecule has 0 spiro atoms. The Morgan fingerprint density at radius 2 is 1.88 bits per heavy atom. The summed E-state index contributed by atoms with van der Waals surface area (Å²) in [5.74, 6) is 0.798. The van der Waals surface area contributed by atoms with Crippen LogP contribution in [-0.4, -0.2) is 57.2 Å².